The van der Waals surface area contributed by atoms with E-state index in [9.17, 15) is 19.1 Å². The molecule has 2 N–H and O–H groups in total. The maximum absolute atomic E-state index is 13.9. The average molecular weight is 367 g/mol. The quantitative estimate of drug-likeness (QED) is 0.657. The number of carboxylic acid groups (broad SMARTS) is 1. The molecule has 1 aromatic heterocycles. The van der Waals surface area contributed by atoms with Gasteiger partial charge in [0, 0.05) is 20.9 Å². The van der Waals surface area contributed by atoms with Crippen LogP contribution in [-0.2, 0) is 4.79 Å². The molecule has 0 saturated carbocycles. The van der Waals surface area contributed by atoms with Crippen molar-refractivity contribution in [3.8, 4) is 10.4 Å². The minimum absolute atomic E-state index is 0.249. The predicted octanol–water partition coefficient (Wildman–Crippen LogP) is 4.41. The normalized spacial score (nSPS) is 11.2. The van der Waals surface area contributed by atoms with Gasteiger partial charge in [-0.1, -0.05) is 36.4 Å². The Morgan fingerprint density at radius 3 is 2.35 bits per heavy atom. The van der Waals surface area contributed by atoms with Gasteiger partial charge in [-0.15, -0.1) is 11.3 Å². The summed E-state index contributed by atoms with van der Waals surface area (Å²) in [4.78, 5) is 24.9. The smallest absolute Gasteiger partial charge is 0.352 e. The van der Waals surface area contributed by atoms with Gasteiger partial charge in [0.05, 0.1) is 0 Å². The van der Waals surface area contributed by atoms with E-state index in [0.717, 1.165) is 0 Å². The van der Waals surface area contributed by atoms with Crippen LogP contribution in [0.5, 0.6) is 0 Å². The minimum atomic E-state index is -1.25. The number of carbonyl (C=O) groups excluding carboxylic acids is 1. The average Bonchev–Trinajstić information content (AvgIpc) is 3.10. The fourth-order valence-corrected chi connectivity index (χ4v) is 3.29. The van der Waals surface area contributed by atoms with Crippen LogP contribution in [0, 0.1) is 5.82 Å². The maximum atomic E-state index is 13.9. The molecule has 0 bridgehead atoms. The van der Waals surface area contributed by atoms with Crippen LogP contribution in [0.2, 0.25) is 0 Å². The summed E-state index contributed by atoms with van der Waals surface area (Å²) in [6.07, 6.45) is 1.36. The van der Waals surface area contributed by atoms with Gasteiger partial charge in [-0.2, -0.15) is 0 Å². The fourth-order valence-electron chi connectivity index (χ4n) is 2.31. The van der Waals surface area contributed by atoms with Crippen LogP contribution in [-0.4, -0.2) is 17.0 Å². The molecule has 0 fully saturated rings. The Kier molecular flexibility index (Phi) is 5.24. The Balaban J connectivity index is 1.85. The van der Waals surface area contributed by atoms with Crippen LogP contribution in [0.4, 0.5) is 4.39 Å². The second-order valence-corrected chi connectivity index (χ2v) is 6.48. The van der Waals surface area contributed by atoms with Gasteiger partial charge in [-0.3, -0.25) is 4.79 Å². The topological polar surface area (TPSA) is 66.4 Å². The van der Waals surface area contributed by atoms with Gasteiger partial charge in [0.1, 0.15) is 11.5 Å². The Hall–Kier alpha value is -3.25. The lowest BCUT2D eigenvalue weighted by atomic mass is 10.2. The Morgan fingerprint density at radius 1 is 0.962 bits per heavy atom. The number of nitrogens with one attached hydrogen (secondary N) is 1. The second kappa shape index (κ2) is 7.76. The van der Waals surface area contributed by atoms with Crippen molar-refractivity contribution in [3.63, 3.8) is 0 Å². The molecule has 0 aliphatic heterocycles. The number of benzene rings is 2. The van der Waals surface area contributed by atoms with Gasteiger partial charge in [0.25, 0.3) is 5.91 Å². The first-order chi connectivity index (χ1) is 12.5. The van der Waals surface area contributed by atoms with Crippen LogP contribution < -0.4 is 5.32 Å². The number of carboxylic acids is 1. The summed E-state index contributed by atoms with van der Waals surface area (Å²) in [6.45, 7) is 0. The van der Waals surface area contributed by atoms with Gasteiger partial charge in [-0.25, -0.2) is 9.18 Å². The van der Waals surface area contributed by atoms with Gasteiger partial charge in [0.2, 0.25) is 0 Å². The molecule has 1 heterocycles. The highest BCUT2D eigenvalue weighted by Gasteiger charge is 2.14. The molecule has 26 heavy (non-hydrogen) atoms. The minimum Gasteiger partial charge on any atom is -0.477 e. The second-order valence-electron chi connectivity index (χ2n) is 5.37. The Bertz CT molecular complexity index is 979. The van der Waals surface area contributed by atoms with Gasteiger partial charge in [-0.05, 0) is 36.4 Å². The number of amides is 1. The molecule has 0 unspecified atom stereocenters. The van der Waals surface area contributed by atoms with Crippen molar-refractivity contribution < 1.29 is 19.1 Å². The van der Waals surface area contributed by atoms with Crippen LogP contribution in [0.15, 0.2) is 72.4 Å². The first-order valence-electron chi connectivity index (χ1n) is 7.71. The van der Waals surface area contributed by atoms with Crippen molar-refractivity contribution in [1.82, 2.24) is 5.32 Å². The van der Waals surface area contributed by atoms with Crippen molar-refractivity contribution in [1.29, 1.82) is 0 Å². The Labute approximate surface area is 153 Å². The van der Waals surface area contributed by atoms with Crippen molar-refractivity contribution in [2.24, 2.45) is 0 Å². The monoisotopic (exact) mass is 367 g/mol. The lowest BCUT2D eigenvalue weighted by Gasteiger charge is -2.05. The molecule has 0 saturated heterocycles. The molecule has 0 spiro atoms. The summed E-state index contributed by atoms with van der Waals surface area (Å²) >= 11 is 1.24. The molecule has 130 valence electrons. The molecule has 0 atom stereocenters. The molecule has 3 rings (SSSR count). The third kappa shape index (κ3) is 4.04. The van der Waals surface area contributed by atoms with E-state index in [2.05, 4.69) is 5.32 Å². The van der Waals surface area contributed by atoms with Gasteiger partial charge < -0.3 is 10.4 Å². The highest BCUT2D eigenvalue weighted by atomic mass is 32.1. The number of hydrogen-bond donors (Lipinski definition) is 2. The third-order valence-corrected chi connectivity index (χ3v) is 4.63. The molecule has 0 aliphatic rings. The largest absolute Gasteiger partial charge is 0.477 e. The Morgan fingerprint density at radius 2 is 1.65 bits per heavy atom. The molecule has 2 aromatic carbocycles. The standard InChI is InChI=1S/C20H14FNO3S/c21-16-9-5-4-8-15(16)18-11-10-14(26-18)12-17(20(24)25)22-19(23)13-6-2-1-3-7-13/h1-12H,(H,22,23)(H,24,25)/b17-12-. The lowest BCUT2D eigenvalue weighted by Crippen LogP contribution is -2.27. The first kappa shape index (κ1) is 17.6. The van der Waals surface area contributed by atoms with E-state index in [4.69, 9.17) is 0 Å². The van der Waals surface area contributed by atoms with E-state index in [1.807, 2.05) is 0 Å². The third-order valence-electron chi connectivity index (χ3n) is 3.57. The highest BCUT2D eigenvalue weighted by molar-refractivity contribution is 7.16. The molecule has 0 aliphatic carbocycles. The molecule has 1 amide bonds. The van der Waals surface area contributed by atoms with E-state index in [0.29, 0.717) is 20.9 Å². The number of carbonyl (C=O) groups is 2. The van der Waals surface area contributed by atoms with E-state index < -0.39 is 11.9 Å². The predicted molar refractivity (Wildman–Crippen MR) is 99.2 cm³/mol. The number of thiophene rings is 1. The number of hydrogen-bond acceptors (Lipinski definition) is 3. The zero-order valence-electron chi connectivity index (χ0n) is 13.5. The molecule has 3 aromatic rings. The first-order valence-corrected chi connectivity index (χ1v) is 8.52. The SMILES string of the molecule is O=C(O)/C(=C/c1ccc(-c2ccccc2F)s1)NC(=O)c1ccccc1. The van der Waals surface area contributed by atoms with Gasteiger partial charge >= 0.3 is 5.97 Å². The zero-order chi connectivity index (χ0) is 18.5. The van der Waals surface area contributed by atoms with Gasteiger partial charge in [0.15, 0.2) is 0 Å². The maximum Gasteiger partial charge on any atom is 0.352 e. The lowest BCUT2D eigenvalue weighted by molar-refractivity contribution is -0.132. The molecule has 6 heteroatoms. The summed E-state index contributed by atoms with van der Waals surface area (Å²) in [5.74, 6) is -2.11. The number of aliphatic carboxylic acids is 1. The molecular weight excluding hydrogens is 353 g/mol. The van der Waals surface area contributed by atoms with E-state index in [-0.39, 0.29) is 11.5 Å². The van der Waals surface area contributed by atoms with Crippen molar-refractivity contribution in [3.05, 3.63) is 88.7 Å². The van der Waals surface area contributed by atoms with E-state index in [1.54, 1.807) is 60.7 Å². The highest BCUT2D eigenvalue weighted by Crippen LogP contribution is 2.31. The summed E-state index contributed by atoms with van der Waals surface area (Å²) in [6, 6.07) is 18.1. The van der Waals surface area contributed by atoms with Crippen LogP contribution in [0.1, 0.15) is 15.2 Å². The number of rotatable bonds is 5. The van der Waals surface area contributed by atoms with Crippen molar-refractivity contribution in [2.45, 2.75) is 0 Å². The van der Waals surface area contributed by atoms with Crippen molar-refractivity contribution in [2.75, 3.05) is 0 Å². The van der Waals surface area contributed by atoms with E-state index in [1.165, 1.54) is 23.5 Å². The molecule has 0 radical (unpaired) electrons. The van der Waals surface area contributed by atoms with Crippen LogP contribution >= 0.6 is 11.3 Å². The van der Waals surface area contributed by atoms with E-state index >= 15 is 0 Å². The van der Waals surface area contributed by atoms with Crippen LogP contribution in [0.3, 0.4) is 0 Å². The van der Waals surface area contributed by atoms with Crippen LogP contribution in [0.25, 0.3) is 16.5 Å². The summed E-state index contributed by atoms with van der Waals surface area (Å²) in [5, 5.41) is 11.8. The zero-order valence-corrected chi connectivity index (χ0v) is 14.3. The summed E-state index contributed by atoms with van der Waals surface area (Å²) in [7, 11) is 0. The summed E-state index contributed by atoms with van der Waals surface area (Å²) in [5.41, 5.74) is 0.556. The summed E-state index contributed by atoms with van der Waals surface area (Å²) < 4.78 is 13.9. The molecule has 4 nitrogen and oxygen atoms in total. The molecular formula is C20H14FNO3S. The number of halogens is 1. The fraction of sp³-hybridized carbons (Fsp3) is 0. The van der Waals surface area contributed by atoms with Crippen molar-refractivity contribution >= 4 is 29.3 Å².